The number of carbonyl (C=O) groups excluding carboxylic acids is 3. The highest BCUT2D eigenvalue weighted by Gasteiger charge is 2.38. The molecule has 1 atom stereocenters. The number of nitrogens with one attached hydrogen (secondary N) is 2. The van der Waals surface area contributed by atoms with Crippen LogP contribution >= 0.6 is 15.9 Å². The van der Waals surface area contributed by atoms with E-state index in [0.29, 0.717) is 12.1 Å². The fraction of sp³-hybridized carbons (Fsp3) is 0.167. The Kier molecular flexibility index (Phi) is 5.14. The first kappa shape index (κ1) is 17.2. The lowest BCUT2D eigenvalue weighted by Gasteiger charge is -2.13. The molecule has 7 heteroatoms. The first-order chi connectivity index (χ1) is 12.0. The largest absolute Gasteiger partial charge is 0.325 e. The van der Waals surface area contributed by atoms with Crippen molar-refractivity contribution >= 4 is 39.5 Å². The molecule has 1 aliphatic heterocycles. The highest BCUT2D eigenvalue weighted by atomic mass is 79.9. The quantitative estimate of drug-likeness (QED) is 0.755. The van der Waals surface area contributed by atoms with Crippen molar-refractivity contribution in [3.05, 3.63) is 64.6 Å². The molecule has 0 bridgehead atoms. The van der Waals surface area contributed by atoms with Gasteiger partial charge in [0.05, 0.1) is 0 Å². The van der Waals surface area contributed by atoms with Crippen LogP contribution in [0.15, 0.2) is 59.1 Å². The maximum atomic E-state index is 12.4. The summed E-state index contributed by atoms with van der Waals surface area (Å²) >= 11 is 3.31. The molecule has 1 saturated heterocycles. The number of imide groups is 1. The molecule has 0 aromatic heterocycles. The third-order valence-electron chi connectivity index (χ3n) is 3.82. The minimum Gasteiger partial charge on any atom is -0.325 e. The van der Waals surface area contributed by atoms with Crippen molar-refractivity contribution in [3.63, 3.8) is 0 Å². The van der Waals surface area contributed by atoms with Crippen LogP contribution in [0.4, 0.5) is 10.5 Å². The molecule has 0 saturated carbocycles. The minimum absolute atomic E-state index is 0.313. The normalized spacial score (nSPS) is 16.7. The Bertz CT molecular complexity index is 793. The van der Waals surface area contributed by atoms with Gasteiger partial charge in [-0.25, -0.2) is 4.79 Å². The fourth-order valence-corrected chi connectivity index (χ4v) is 2.86. The van der Waals surface area contributed by atoms with Crippen LogP contribution in [-0.2, 0) is 16.0 Å². The molecule has 2 aromatic carbocycles. The Labute approximate surface area is 153 Å². The van der Waals surface area contributed by atoms with Crippen molar-refractivity contribution < 1.29 is 14.4 Å². The summed E-state index contributed by atoms with van der Waals surface area (Å²) in [4.78, 5) is 37.5. The second-order valence-corrected chi connectivity index (χ2v) is 6.59. The topological polar surface area (TPSA) is 78.5 Å². The van der Waals surface area contributed by atoms with E-state index in [1.54, 1.807) is 24.3 Å². The zero-order valence-corrected chi connectivity index (χ0v) is 14.8. The van der Waals surface area contributed by atoms with Crippen LogP contribution in [0.5, 0.6) is 0 Å². The van der Waals surface area contributed by atoms with Gasteiger partial charge in [0.2, 0.25) is 5.91 Å². The number of hydrogen-bond donors (Lipinski definition) is 2. The average Bonchev–Trinajstić information content (AvgIpc) is 2.85. The predicted octanol–water partition coefficient (Wildman–Crippen LogP) is 2.55. The number of anilines is 1. The van der Waals surface area contributed by atoms with Crippen LogP contribution in [0.3, 0.4) is 0 Å². The average molecular weight is 402 g/mol. The fourth-order valence-electron chi connectivity index (χ4n) is 2.59. The number of carbonyl (C=O) groups is 3. The summed E-state index contributed by atoms with van der Waals surface area (Å²) in [5.41, 5.74) is 1.54. The summed E-state index contributed by atoms with van der Waals surface area (Å²) in [6.07, 6.45) is 0.399. The van der Waals surface area contributed by atoms with Gasteiger partial charge in [-0.3, -0.25) is 14.5 Å². The molecule has 128 valence electrons. The molecule has 3 rings (SSSR count). The van der Waals surface area contributed by atoms with Gasteiger partial charge in [-0.05, 0) is 29.8 Å². The number of hydrogen-bond acceptors (Lipinski definition) is 3. The van der Waals surface area contributed by atoms with Crippen LogP contribution in [0.1, 0.15) is 5.56 Å². The Balaban J connectivity index is 1.60. The number of urea groups is 1. The predicted molar refractivity (Wildman–Crippen MR) is 97.0 cm³/mol. The van der Waals surface area contributed by atoms with Gasteiger partial charge in [0.25, 0.3) is 5.91 Å². The second kappa shape index (κ2) is 7.48. The summed E-state index contributed by atoms with van der Waals surface area (Å²) in [5.74, 6) is -0.814. The molecule has 2 aromatic rings. The zero-order valence-electron chi connectivity index (χ0n) is 13.2. The van der Waals surface area contributed by atoms with E-state index in [0.717, 1.165) is 14.9 Å². The van der Waals surface area contributed by atoms with Crippen molar-refractivity contribution in [3.8, 4) is 0 Å². The second-order valence-electron chi connectivity index (χ2n) is 5.67. The van der Waals surface area contributed by atoms with Gasteiger partial charge in [0, 0.05) is 16.6 Å². The van der Waals surface area contributed by atoms with Crippen LogP contribution in [0.25, 0.3) is 0 Å². The lowest BCUT2D eigenvalue weighted by molar-refractivity contribution is -0.130. The molecule has 4 amide bonds. The third kappa shape index (κ3) is 4.24. The first-order valence-corrected chi connectivity index (χ1v) is 8.53. The maximum absolute atomic E-state index is 12.4. The standard InChI is InChI=1S/C18H16BrN3O3/c19-13-6-8-14(9-7-13)20-16(23)11-22-17(24)15(21-18(22)25)10-12-4-2-1-3-5-12/h1-9,15H,10-11H2,(H,20,23)(H,21,25). The van der Waals surface area contributed by atoms with Gasteiger partial charge in [0.1, 0.15) is 12.6 Å². The SMILES string of the molecule is O=C(CN1C(=O)NC(Cc2ccccc2)C1=O)Nc1ccc(Br)cc1. The van der Waals surface area contributed by atoms with Crippen molar-refractivity contribution in [1.82, 2.24) is 10.2 Å². The molecule has 2 N–H and O–H groups in total. The lowest BCUT2D eigenvalue weighted by atomic mass is 10.1. The number of halogens is 1. The number of benzene rings is 2. The Morgan fingerprint density at radius 2 is 1.76 bits per heavy atom. The van der Waals surface area contributed by atoms with Crippen molar-refractivity contribution in [2.24, 2.45) is 0 Å². The number of rotatable bonds is 5. The van der Waals surface area contributed by atoms with E-state index in [1.165, 1.54) is 0 Å². The zero-order chi connectivity index (χ0) is 17.8. The molecule has 1 heterocycles. The Morgan fingerprint density at radius 3 is 2.44 bits per heavy atom. The molecule has 1 aliphatic rings. The van der Waals surface area contributed by atoms with E-state index in [2.05, 4.69) is 26.6 Å². The Hall–Kier alpha value is -2.67. The molecule has 0 spiro atoms. The molecule has 1 unspecified atom stereocenters. The van der Waals surface area contributed by atoms with E-state index in [1.807, 2.05) is 30.3 Å². The minimum atomic E-state index is -0.643. The lowest BCUT2D eigenvalue weighted by Crippen LogP contribution is -2.38. The molecular weight excluding hydrogens is 386 g/mol. The summed E-state index contributed by atoms with van der Waals surface area (Å²) < 4.78 is 0.892. The van der Waals surface area contributed by atoms with Crippen LogP contribution in [-0.4, -0.2) is 35.3 Å². The van der Waals surface area contributed by atoms with Crippen molar-refractivity contribution in [2.45, 2.75) is 12.5 Å². The van der Waals surface area contributed by atoms with Gasteiger partial charge in [0.15, 0.2) is 0 Å². The van der Waals surface area contributed by atoms with Crippen LogP contribution < -0.4 is 10.6 Å². The van der Waals surface area contributed by atoms with Crippen molar-refractivity contribution in [2.75, 3.05) is 11.9 Å². The van der Waals surface area contributed by atoms with Gasteiger partial charge in [-0.2, -0.15) is 0 Å². The van der Waals surface area contributed by atoms with Crippen molar-refractivity contribution in [1.29, 1.82) is 0 Å². The van der Waals surface area contributed by atoms with E-state index in [9.17, 15) is 14.4 Å². The number of nitrogens with zero attached hydrogens (tertiary/aromatic N) is 1. The monoisotopic (exact) mass is 401 g/mol. The molecule has 0 aliphatic carbocycles. The highest BCUT2D eigenvalue weighted by Crippen LogP contribution is 2.15. The van der Waals surface area contributed by atoms with Crippen LogP contribution in [0, 0.1) is 0 Å². The highest BCUT2D eigenvalue weighted by molar-refractivity contribution is 9.10. The molecule has 1 fully saturated rings. The summed E-state index contributed by atoms with van der Waals surface area (Å²) in [5, 5.41) is 5.30. The summed E-state index contributed by atoms with van der Waals surface area (Å²) in [6.45, 7) is -0.313. The van der Waals surface area contributed by atoms with Gasteiger partial charge >= 0.3 is 6.03 Å². The van der Waals surface area contributed by atoms with Gasteiger partial charge in [-0.1, -0.05) is 46.3 Å². The third-order valence-corrected chi connectivity index (χ3v) is 4.35. The Morgan fingerprint density at radius 1 is 1.08 bits per heavy atom. The summed E-state index contributed by atoms with van der Waals surface area (Å²) in [6, 6.07) is 15.3. The van der Waals surface area contributed by atoms with E-state index in [4.69, 9.17) is 0 Å². The molecule has 25 heavy (non-hydrogen) atoms. The maximum Gasteiger partial charge on any atom is 0.325 e. The first-order valence-electron chi connectivity index (χ1n) is 7.74. The van der Waals surface area contributed by atoms with E-state index in [-0.39, 0.29) is 12.5 Å². The molecule has 6 nitrogen and oxygen atoms in total. The van der Waals surface area contributed by atoms with Gasteiger partial charge < -0.3 is 10.6 Å². The van der Waals surface area contributed by atoms with Gasteiger partial charge in [-0.15, -0.1) is 0 Å². The van der Waals surface area contributed by atoms with E-state index < -0.39 is 18.0 Å². The van der Waals surface area contributed by atoms with Crippen LogP contribution in [0.2, 0.25) is 0 Å². The molecular formula is C18H16BrN3O3. The molecule has 0 radical (unpaired) electrons. The van der Waals surface area contributed by atoms with E-state index >= 15 is 0 Å². The number of amides is 4. The smallest absolute Gasteiger partial charge is 0.325 e. The summed E-state index contributed by atoms with van der Waals surface area (Å²) in [7, 11) is 0.